The summed E-state index contributed by atoms with van der Waals surface area (Å²) < 4.78 is 0. The minimum atomic E-state index is -0.553. The molecule has 0 unspecified atom stereocenters. The van der Waals surface area contributed by atoms with Crippen LogP contribution in [0.4, 0.5) is 5.69 Å². The Morgan fingerprint density at radius 2 is 1.53 bits per heavy atom. The fraction of sp³-hybridized carbons (Fsp3) is 0.0870. The normalized spacial score (nSPS) is 11.0. The number of oxime groups is 1. The monoisotopic (exact) mass is 402 g/mol. The fourth-order valence-corrected chi connectivity index (χ4v) is 2.80. The fourth-order valence-electron chi connectivity index (χ4n) is 2.80. The Morgan fingerprint density at radius 3 is 2.17 bits per heavy atom. The average Bonchev–Trinajstić information content (AvgIpc) is 2.79. The van der Waals surface area contributed by atoms with Crippen molar-refractivity contribution in [3.05, 3.63) is 100 Å². The molecule has 0 fully saturated rings. The van der Waals surface area contributed by atoms with Crippen LogP contribution < -0.4 is 0 Å². The lowest BCUT2D eigenvalue weighted by molar-refractivity contribution is -0.384. The second-order valence-corrected chi connectivity index (χ2v) is 6.30. The molecule has 0 radical (unpaired) electrons. The predicted molar refractivity (Wildman–Crippen MR) is 112 cm³/mol. The number of Topliss-reactive ketones (excluding diaryl/α,β-unsaturated/α-hetero) is 1. The van der Waals surface area contributed by atoms with Crippen LogP contribution in [0.5, 0.6) is 0 Å². The van der Waals surface area contributed by atoms with Crippen LogP contribution in [0.1, 0.15) is 29.3 Å². The molecule has 0 bridgehead atoms. The highest BCUT2D eigenvalue weighted by Crippen LogP contribution is 2.29. The maximum absolute atomic E-state index is 13.0. The lowest BCUT2D eigenvalue weighted by atomic mass is 9.97. The van der Waals surface area contributed by atoms with Crippen molar-refractivity contribution in [1.29, 1.82) is 0 Å². The highest BCUT2D eigenvalue weighted by molar-refractivity contribution is 6.51. The van der Waals surface area contributed by atoms with Gasteiger partial charge >= 0.3 is 5.97 Å². The largest absolute Gasteiger partial charge is 0.334 e. The summed E-state index contributed by atoms with van der Waals surface area (Å²) in [6, 6.07) is 21.5. The molecule has 0 saturated heterocycles. The molecule has 0 aromatic heterocycles. The van der Waals surface area contributed by atoms with Gasteiger partial charge in [0.05, 0.1) is 10.5 Å². The minimum Gasteiger partial charge on any atom is -0.318 e. The SMILES string of the molecule is CCC(=O)O/N=C(\C(=O)c1ccc(-c2ccccc2[N+](=O)[O-])cc1)c1ccccc1. The van der Waals surface area contributed by atoms with Gasteiger partial charge in [-0.15, -0.1) is 0 Å². The summed E-state index contributed by atoms with van der Waals surface area (Å²) in [6.45, 7) is 1.63. The van der Waals surface area contributed by atoms with E-state index < -0.39 is 16.7 Å². The molecule has 0 aliphatic heterocycles. The van der Waals surface area contributed by atoms with Gasteiger partial charge in [0, 0.05) is 23.6 Å². The Morgan fingerprint density at radius 1 is 0.900 bits per heavy atom. The Bertz CT molecular complexity index is 1110. The number of carbonyl (C=O) groups excluding carboxylic acids is 2. The first-order valence-electron chi connectivity index (χ1n) is 9.23. The second-order valence-electron chi connectivity index (χ2n) is 6.30. The summed E-state index contributed by atoms with van der Waals surface area (Å²) in [4.78, 5) is 40.2. The van der Waals surface area contributed by atoms with Gasteiger partial charge in [-0.1, -0.05) is 78.8 Å². The van der Waals surface area contributed by atoms with Crippen LogP contribution in [0.3, 0.4) is 0 Å². The smallest absolute Gasteiger partial charge is 0.318 e. The number of rotatable bonds is 7. The third-order valence-electron chi connectivity index (χ3n) is 4.35. The van der Waals surface area contributed by atoms with Gasteiger partial charge in [0.15, 0.2) is 5.71 Å². The highest BCUT2D eigenvalue weighted by atomic mass is 16.7. The van der Waals surface area contributed by atoms with E-state index in [0.29, 0.717) is 22.3 Å². The molecule has 30 heavy (non-hydrogen) atoms. The Kier molecular flexibility index (Phi) is 6.44. The number of nitro groups is 1. The maximum Gasteiger partial charge on any atom is 0.334 e. The summed E-state index contributed by atoms with van der Waals surface area (Å²) >= 11 is 0. The summed E-state index contributed by atoms with van der Waals surface area (Å²) in [5, 5.41) is 15.0. The van der Waals surface area contributed by atoms with Crippen LogP contribution in [0.25, 0.3) is 11.1 Å². The second kappa shape index (κ2) is 9.38. The van der Waals surface area contributed by atoms with E-state index in [1.807, 2.05) is 0 Å². The molecule has 0 heterocycles. The Balaban J connectivity index is 1.95. The van der Waals surface area contributed by atoms with Crippen LogP contribution in [0, 0.1) is 10.1 Å². The first-order chi connectivity index (χ1) is 14.5. The molecule has 150 valence electrons. The summed E-state index contributed by atoms with van der Waals surface area (Å²) in [6.07, 6.45) is 0.129. The highest BCUT2D eigenvalue weighted by Gasteiger charge is 2.19. The van der Waals surface area contributed by atoms with Crippen molar-refractivity contribution in [1.82, 2.24) is 0 Å². The molecule has 0 atom stereocenters. The van der Waals surface area contributed by atoms with Crippen LogP contribution in [-0.4, -0.2) is 22.4 Å². The van der Waals surface area contributed by atoms with Gasteiger partial charge in [-0.25, -0.2) is 4.79 Å². The third kappa shape index (κ3) is 4.64. The van der Waals surface area contributed by atoms with E-state index in [9.17, 15) is 19.7 Å². The number of benzene rings is 3. The molecule has 3 aromatic rings. The third-order valence-corrected chi connectivity index (χ3v) is 4.35. The molecule has 0 aliphatic carbocycles. The molecule has 7 heteroatoms. The van der Waals surface area contributed by atoms with Gasteiger partial charge in [-0.2, -0.15) is 0 Å². The number of ketones is 1. The maximum atomic E-state index is 13.0. The molecule has 0 amide bonds. The van der Waals surface area contributed by atoms with Crippen molar-refractivity contribution in [2.24, 2.45) is 5.16 Å². The number of carbonyl (C=O) groups is 2. The van der Waals surface area contributed by atoms with E-state index in [2.05, 4.69) is 5.16 Å². The first kappa shape index (κ1) is 20.6. The van der Waals surface area contributed by atoms with E-state index in [1.165, 1.54) is 6.07 Å². The molecule has 7 nitrogen and oxygen atoms in total. The van der Waals surface area contributed by atoms with E-state index in [0.717, 1.165) is 0 Å². The predicted octanol–water partition coefficient (Wildman–Crippen LogP) is 4.80. The van der Waals surface area contributed by atoms with Gasteiger partial charge in [0.1, 0.15) is 0 Å². The van der Waals surface area contributed by atoms with Crippen LogP contribution >= 0.6 is 0 Å². The quantitative estimate of drug-likeness (QED) is 0.186. The van der Waals surface area contributed by atoms with Crippen LogP contribution in [-0.2, 0) is 9.63 Å². The van der Waals surface area contributed by atoms with E-state index in [4.69, 9.17) is 4.84 Å². The number of para-hydroxylation sites is 1. The summed E-state index contributed by atoms with van der Waals surface area (Å²) in [5.41, 5.74) is 1.86. The molecule has 3 aromatic carbocycles. The molecular formula is C23H18N2O5. The molecule has 0 spiro atoms. The zero-order valence-corrected chi connectivity index (χ0v) is 16.1. The molecule has 3 rings (SSSR count). The van der Waals surface area contributed by atoms with E-state index in [1.54, 1.807) is 79.7 Å². The van der Waals surface area contributed by atoms with Crippen molar-refractivity contribution in [3.8, 4) is 11.1 Å². The zero-order chi connectivity index (χ0) is 21.5. The van der Waals surface area contributed by atoms with Crippen LogP contribution in [0.15, 0.2) is 84.0 Å². The standard InChI is InChI=1S/C23H18N2O5/c1-2-21(26)30-24-22(17-8-4-3-5-9-17)23(27)18-14-12-16(13-15-18)19-10-6-7-11-20(19)25(28)29/h3-15H,2H2,1H3/b24-22-. The van der Waals surface area contributed by atoms with Gasteiger partial charge in [-0.3, -0.25) is 14.9 Å². The number of nitro benzene ring substituents is 1. The van der Waals surface area contributed by atoms with Gasteiger partial charge in [-0.05, 0) is 11.6 Å². The zero-order valence-electron chi connectivity index (χ0n) is 16.1. The van der Waals surface area contributed by atoms with E-state index in [-0.39, 0.29) is 17.8 Å². The summed E-state index contributed by atoms with van der Waals surface area (Å²) in [5.74, 6) is -0.984. The van der Waals surface area contributed by atoms with Gasteiger partial charge < -0.3 is 4.84 Å². The lowest BCUT2D eigenvalue weighted by Gasteiger charge is -2.07. The Labute approximate surface area is 172 Å². The number of hydrogen-bond donors (Lipinski definition) is 0. The minimum absolute atomic E-state index is 0.00385. The van der Waals surface area contributed by atoms with Crippen molar-refractivity contribution >= 4 is 23.2 Å². The van der Waals surface area contributed by atoms with Crippen molar-refractivity contribution in [2.75, 3.05) is 0 Å². The average molecular weight is 402 g/mol. The molecule has 0 N–H and O–H groups in total. The summed E-state index contributed by atoms with van der Waals surface area (Å²) in [7, 11) is 0. The Hall–Kier alpha value is -4.13. The molecule has 0 saturated carbocycles. The van der Waals surface area contributed by atoms with Gasteiger partial charge in [0.2, 0.25) is 5.78 Å². The van der Waals surface area contributed by atoms with Gasteiger partial charge in [0.25, 0.3) is 5.69 Å². The van der Waals surface area contributed by atoms with Crippen molar-refractivity contribution in [2.45, 2.75) is 13.3 Å². The van der Waals surface area contributed by atoms with Crippen LogP contribution in [0.2, 0.25) is 0 Å². The molecule has 0 aliphatic rings. The van der Waals surface area contributed by atoms with Crippen molar-refractivity contribution < 1.29 is 19.3 Å². The number of nitrogens with zero attached hydrogens (tertiary/aromatic N) is 2. The van der Waals surface area contributed by atoms with E-state index >= 15 is 0 Å². The first-order valence-corrected chi connectivity index (χ1v) is 9.23. The van der Waals surface area contributed by atoms with Crippen molar-refractivity contribution in [3.63, 3.8) is 0 Å². The molecular weight excluding hydrogens is 384 g/mol. The lowest BCUT2D eigenvalue weighted by Crippen LogP contribution is -2.17. The number of hydrogen-bond acceptors (Lipinski definition) is 6. The topological polar surface area (TPSA) is 98.9 Å².